The highest BCUT2D eigenvalue weighted by molar-refractivity contribution is 5.85. The lowest BCUT2D eigenvalue weighted by atomic mass is 9.86. The molecule has 0 aromatic carbocycles. The number of oxime groups is 1. The Hall–Kier alpha value is -1.56. The predicted octanol–water partition coefficient (Wildman–Crippen LogP) is 1.32. The number of rotatable bonds is 7. The molecule has 0 bridgehead atoms. The van der Waals surface area contributed by atoms with Gasteiger partial charge in [0, 0.05) is 18.0 Å². The minimum Gasteiger partial charge on any atom is -0.409 e. The highest BCUT2D eigenvalue weighted by Crippen LogP contribution is 2.21. The van der Waals surface area contributed by atoms with Crippen molar-refractivity contribution in [2.45, 2.75) is 33.2 Å². The molecule has 0 radical (unpaired) electrons. The predicted molar refractivity (Wildman–Crippen MR) is 64.6 cm³/mol. The standard InChI is InChI=1S/C11H20N4O2/c1-11(2,10(12)14-16)5-3-6-13-8-9-4-7-17-15-9/h4,7,13,16H,3,5-6,8H2,1-2H3,(H2,12,14). The highest BCUT2D eigenvalue weighted by Gasteiger charge is 2.22. The number of nitrogens with zero attached hydrogens (tertiary/aromatic N) is 2. The van der Waals surface area contributed by atoms with Crippen LogP contribution in [0.4, 0.5) is 0 Å². The molecule has 0 amide bonds. The van der Waals surface area contributed by atoms with E-state index in [1.54, 1.807) is 6.26 Å². The zero-order valence-corrected chi connectivity index (χ0v) is 10.3. The van der Waals surface area contributed by atoms with Gasteiger partial charge >= 0.3 is 0 Å². The Morgan fingerprint density at radius 1 is 1.65 bits per heavy atom. The number of nitrogens with one attached hydrogen (secondary N) is 1. The van der Waals surface area contributed by atoms with E-state index in [2.05, 4.69) is 15.6 Å². The first kappa shape index (κ1) is 13.5. The third kappa shape index (κ3) is 4.44. The van der Waals surface area contributed by atoms with Crippen LogP contribution in [0.15, 0.2) is 22.0 Å². The van der Waals surface area contributed by atoms with Gasteiger partial charge in [0.15, 0.2) is 0 Å². The monoisotopic (exact) mass is 240 g/mol. The highest BCUT2D eigenvalue weighted by atomic mass is 16.5. The van der Waals surface area contributed by atoms with Crippen molar-refractivity contribution >= 4 is 5.84 Å². The Morgan fingerprint density at radius 3 is 3.00 bits per heavy atom. The van der Waals surface area contributed by atoms with Crippen LogP contribution in [0.5, 0.6) is 0 Å². The van der Waals surface area contributed by atoms with E-state index >= 15 is 0 Å². The van der Waals surface area contributed by atoms with Crippen LogP contribution in [0.25, 0.3) is 0 Å². The lowest BCUT2D eigenvalue weighted by Crippen LogP contribution is -2.32. The average Bonchev–Trinajstić information content (AvgIpc) is 2.80. The molecule has 6 heteroatoms. The fraction of sp³-hybridized carbons (Fsp3) is 0.636. The minimum absolute atomic E-state index is 0.272. The third-order valence-corrected chi connectivity index (χ3v) is 2.75. The van der Waals surface area contributed by atoms with Gasteiger partial charge in [0.2, 0.25) is 0 Å². The number of hydrogen-bond donors (Lipinski definition) is 3. The second kappa shape index (κ2) is 6.24. The minimum atomic E-state index is -0.273. The van der Waals surface area contributed by atoms with Crippen molar-refractivity contribution in [3.63, 3.8) is 0 Å². The Kier molecular flexibility index (Phi) is 4.96. The van der Waals surface area contributed by atoms with Crippen LogP contribution in [0.3, 0.4) is 0 Å². The maximum Gasteiger partial charge on any atom is 0.144 e. The number of aromatic nitrogens is 1. The summed E-state index contributed by atoms with van der Waals surface area (Å²) < 4.78 is 4.72. The smallest absolute Gasteiger partial charge is 0.144 e. The molecule has 0 aliphatic rings. The summed E-state index contributed by atoms with van der Waals surface area (Å²) in [6, 6.07) is 1.83. The van der Waals surface area contributed by atoms with Crippen LogP contribution < -0.4 is 11.1 Å². The Balaban J connectivity index is 2.16. The number of nitrogens with two attached hydrogens (primary N) is 1. The van der Waals surface area contributed by atoms with Gasteiger partial charge in [-0.15, -0.1) is 0 Å². The second-order valence-corrected chi connectivity index (χ2v) is 4.64. The van der Waals surface area contributed by atoms with Gasteiger partial charge < -0.3 is 20.8 Å². The summed E-state index contributed by atoms with van der Waals surface area (Å²) in [6.07, 6.45) is 3.36. The average molecular weight is 240 g/mol. The number of hydrogen-bond acceptors (Lipinski definition) is 5. The molecule has 1 heterocycles. The lowest BCUT2D eigenvalue weighted by Gasteiger charge is -2.22. The van der Waals surface area contributed by atoms with Gasteiger partial charge in [0.05, 0.1) is 5.69 Å². The Bertz CT molecular complexity index is 346. The molecule has 0 saturated heterocycles. The van der Waals surface area contributed by atoms with Crippen molar-refractivity contribution in [1.29, 1.82) is 0 Å². The Morgan fingerprint density at radius 2 is 2.41 bits per heavy atom. The molecule has 0 aliphatic heterocycles. The molecule has 1 aromatic rings. The zero-order valence-electron chi connectivity index (χ0n) is 10.3. The molecule has 0 saturated carbocycles. The Labute approximate surface area is 101 Å². The second-order valence-electron chi connectivity index (χ2n) is 4.64. The quantitative estimate of drug-likeness (QED) is 0.219. The van der Waals surface area contributed by atoms with Gasteiger partial charge in [0.25, 0.3) is 0 Å². The largest absolute Gasteiger partial charge is 0.409 e. The maximum atomic E-state index is 8.63. The molecule has 0 atom stereocenters. The molecule has 0 spiro atoms. The maximum absolute atomic E-state index is 8.63. The summed E-state index contributed by atoms with van der Waals surface area (Å²) in [7, 11) is 0. The molecular formula is C11H20N4O2. The van der Waals surface area contributed by atoms with Gasteiger partial charge in [-0.3, -0.25) is 0 Å². The van der Waals surface area contributed by atoms with Crippen LogP contribution >= 0.6 is 0 Å². The van der Waals surface area contributed by atoms with E-state index < -0.39 is 0 Å². The molecule has 0 aliphatic carbocycles. The first-order valence-electron chi connectivity index (χ1n) is 5.64. The fourth-order valence-electron chi connectivity index (χ4n) is 1.46. The van der Waals surface area contributed by atoms with Crippen LogP contribution in [0, 0.1) is 5.41 Å². The summed E-state index contributed by atoms with van der Waals surface area (Å²) in [5, 5.41) is 18.7. The zero-order chi connectivity index (χ0) is 12.7. The summed E-state index contributed by atoms with van der Waals surface area (Å²) in [5.41, 5.74) is 6.22. The van der Waals surface area contributed by atoms with Crippen molar-refractivity contribution < 1.29 is 9.73 Å². The van der Waals surface area contributed by atoms with E-state index in [9.17, 15) is 0 Å². The van der Waals surface area contributed by atoms with E-state index in [-0.39, 0.29) is 11.3 Å². The first-order valence-corrected chi connectivity index (χ1v) is 5.64. The van der Waals surface area contributed by atoms with Gasteiger partial charge in [-0.2, -0.15) is 0 Å². The summed E-state index contributed by atoms with van der Waals surface area (Å²) in [6.45, 7) is 5.47. The molecule has 1 rings (SSSR count). The van der Waals surface area contributed by atoms with Gasteiger partial charge in [-0.1, -0.05) is 24.2 Å². The van der Waals surface area contributed by atoms with E-state index in [0.29, 0.717) is 6.54 Å². The summed E-state index contributed by atoms with van der Waals surface area (Å²) in [4.78, 5) is 0. The molecule has 1 aromatic heterocycles. The van der Waals surface area contributed by atoms with Crippen LogP contribution in [0.2, 0.25) is 0 Å². The molecule has 96 valence electrons. The molecule has 0 fully saturated rings. The van der Waals surface area contributed by atoms with E-state index in [4.69, 9.17) is 15.5 Å². The van der Waals surface area contributed by atoms with Crippen molar-refractivity contribution in [3.05, 3.63) is 18.0 Å². The van der Waals surface area contributed by atoms with Crippen molar-refractivity contribution in [3.8, 4) is 0 Å². The third-order valence-electron chi connectivity index (χ3n) is 2.75. The lowest BCUT2D eigenvalue weighted by molar-refractivity contribution is 0.304. The van der Waals surface area contributed by atoms with Crippen LogP contribution in [-0.2, 0) is 6.54 Å². The topological polar surface area (TPSA) is 96.7 Å². The van der Waals surface area contributed by atoms with E-state index in [1.165, 1.54) is 0 Å². The molecular weight excluding hydrogens is 220 g/mol. The number of amidine groups is 1. The van der Waals surface area contributed by atoms with Crippen molar-refractivity contribution in [1.82, 2.24) is 10.5 Å². The molecule has 4 N–H and O–H groups in total. The van der Waals surface area contributed by atoms with E-state index in [1.807, 2.05) is 19.9 Å². The van der Waals surface area contributed by atoms with Crippen molar-refractivity contribution in [2.75, 3.05) is 6.54 Å². The van der Waals surface area contributed by atoms with E-state index in [0.717, 1.165) is 25.1 Å². The van der Waals surface area contributed by atoms with Crippen LogP contribution in [0.1, 0.15) is 32.4 Å². The first-order chi connectivity index (χ1) is 8.06. The fourth-order valence-corrected chi connectivity index (χ4v) is 1.46. The van der Waals surface area contributed by atoms with Gasteiger partial charge in [-0.25, -0.2) is 0 Å². The van der Waals surface area contributed by atoms with Gasteiger partial charge in [0.1, 0.15) is 12.1 Å². The SMILES string of the molecule is CC(C)(CCCNCc1ccon1)/C(N)=N/O. The molecule has 6 nitrogen and oxygen atoms in total. The van der Waals surface area contributed by atoms with Gasteiger partial charge in [-0.05, 0) is 19.4 Å². The summed E-state index contributed by atoms with van der Waals surface area (Å²) in [5.74, 6) is 0.272. The molecule has 0 unspecified atom stereocenters. The van der Waals surface area contributed by atoms with Crippen molar-refractivity contribution in [2.24, 2.45) is 16.3 Å². The molecule has 17 heavy (non-hydrogen) atoms. The summed E-state index contributed by atoms with van der Waals surface area (Å²) >= 11 is 0. The van der Waals surface area contributed by atoms with Crippen LogP contribution in [-0.4, -0.2) is 22.7 Å². The normalized spacial score (nSPS) is 12.9.